The van der Waals surface area contributed by atoms with Crippen LogP contribution in [0.5, 0.6) is 0 Å². The summed E-state index contributed by atoms with van der Waals surface area (Å²) in [6.45, 7) is 3.47. The highest BCUT2D eigenvalue weighted by atomic mass is 16.6. The van der Waals surface area contributed by atoms with E-state index >= 15 is 0 Å². The number of rotatable bonds is 5. The molecule has 29 heavy (non-hydrogen) atoms. The quantitative estimate of drug-likeness (QED) is 0.684. The summed E-state index contributed by atoms with van der Waals surface area (Å²) >= 11 is 0. The second-order valence-electron chi connectivity index (χ2n) is 8.01. The van der Waals surface area contributed by atoms with Crippen molar-refractivity contribution >= 4 is 22.9 Å². The van der Waals surface area contributed by atoms with Gasteiger partial charge in [-0.25, -0.2) is 9.78 Å². The lowest BCUT2D eigenvalue weighted by atomic mass is 9.93. The van der Waals surface area contributed by atoms with Crippen LogP contribution in [0.3, 0.4) is 0 Å². The van der Waals surface area contributed by atoms with Gasteiger partial charge < -0.3 is 19.8 Å². The van der Waals surface area contributed by atoms with E-state index in [0.717, 1.165) is 61.3 Å². The van der Waals surface area contributed by atoms with Crippen molar-refractivity contribution in [1.82, 2.24) is 29.9 Å². The number of hydrogen-bond acceptors (Lipinski definition) is 6. The molecular formula is C20H26N6O3. The number of H-pyrrole nitrogens is 1. The average Bonchev–Trinajstić information content (AvgIpc) is 3.51. The van der Waals surface area contributed by atoms with E-state index in [1.165, 1.54) is 0 Å². The van der Waals surface area contributed by atoms with Gasteiger partial charge in [-0.15, -0.1) is 10.2 Å². The van der Waals surface area contributed by atoms with Crippen molar-refractivity contribution in [3.63, 3.8) is 0 Å². The Labute approximate surface area is 168 Å². The van der Waals surface area contributed by atoms with Crippen molar-refractivity contribution in [2.45, 2.75) is 57.2 Å². The van der Waals surface area contributed by atoms with Gasteiger partial charge in [0.1, 0.15) is 11.9 Å². The van der Waals surface area contributed by atoms with E-state index in [2.05, 4.69) is 36.8 Å². The molecule has 0 aromatic carbocycles. The molecule has 3 aromatic heterocycles. The van der Waals surface area contributed by atoms with Crippen LogP contribution in [0.15, 0.2) is 18.5 Å². The summed E-state index contributed by atoms with van der Waals surface area (Å²) in [5.41, 5.74) is 2.52. The third-order valence-corrected chi connectivity index (χ3v) is 6.25. The average molecular weight is 398 g/mol. The van der Waals surface area contributed by atoms with Gasteiger partial charge in [-0.3, -0.25) is 4.40 Å². The molecule has 2 aliphatic rings. The summed E-state index contributed by atoms with van der Waals surface area (Å²) in [6, 6.07) is 1.99. The third kappa shape index (κ3) is 3.43. The second kappa shape index (κ2) is 7.62. The Morgan fingerprint density at radius 2 is 2.34 bits per heavy atom. The molecule has 0 bridgehead atoms. The zero-order valence-corrected chi connectivity index (χ0v) is 16.5. The smallest absolute Gasteiger partial charge is 0.407 e. The maximum absolute atomic E-state index is 12.3. The molecule has 1 saturated heterocycles. The number of fused-ring (bicyclic) bond motifs is 3. The molecule has 9 heteroatoms. The predicted octanol–water partition coefficient (Wildman–Crippen LogP) is 2.78. The van der Waals surface area contributed by atoms with E-state index in [9.17, 15) is 4.79 Å². The molecule has 0 radical (unpaired) electrons. The highest BCUT2D eigenvalue weighted by molar-refractivity contribution is 5.74. The van der Waals surface area contributed by atoms with Crippen LogP contribution in [0.4, 0.5) is 4.79 Å². The number of nitrogens with one attached hydrogen (secondary N) is 2. The molecule has 4 atom stereocenters. The van der Waals surface area contributed by atoms with Crippen molar-refractivity contribution in [2.75, 3.05) is 13.2 Å². The molecule has 1 saturated carbocycles. The van der Waals surface area contributed by atoms with Gasteiger partial charge in [0.15, 0.2) is 11.3 Å². The number of aromatic nitrogens is 5. The van der Waals surface area contributed by atoms with Crippen molar-refractivity contribution in [1.29, 1.82) is 0 Å². The fourth-order valence-electron chi connectivity index (χ4n) is 4.77. The molecule has 0 unspecified atom stereocenters. The maximum atomic E-state index is 12.3. The number of carbonyl (C=O) groups excluding carboxylic acids is 1. The Hall–Kier alpha value is -2.68. The Bertz CT molecular complexity index is 1010. The first kappa shape index (κ1) is 18.4. The molecule has 2 fully saturated rings. The van der Waals surface area contributed by atoms with Crippen LogP contribution < -0.4 is 5.32 Å². The van der Waals surface area contributed by atoms with Crippen LogP contribution in [-0.4, -0.2) is 56.0 Å². The molecule has 1 aliphatic carbocycles. The molecule has 9 nitrogen and oxygen atoms in total. The van der Waals surface area contributed by atoms with Gasteiger partial charge in [-0.1, -0.05) is 13.3 Å². The Morgan fingerprint density at radius 3 is 3.17 bits per heavy atom. The predicted molar refractivity (Wildman–Crippen MR) is 106 cm³/mol. The monoisotopic (exact) mass is 398 g/mol. The minimum absolute atomic E-state index is 0.113. The minimum atomic E-state index is -0.357. The van der Waals surface area contributed by atoms with Crippen LogP contribution >= 0.6 is 0 Å². The van der Waals surface area contributed by atoms with Crippen molar-refractivity contribution in [3.05, 3.63) is 24.3 Å². The SMILES string of the molecule is CC[C@@H]1C[C@H](OC(=O)NC[C@H]2CCCO2)C[C@@H]1c1nnc2cnc3[nH]ccc3n12. The number of carbonyl (C=O) groups is 1. The van der Waals surface area contributed by atoms with Gasteiger partial charge in [-0.2, -0.15) is 0 Å². The van der Waals surface area contributed by atoms with Crippen LogP contribution in [0.25, 0.3) is 16.8 Å². The molecule has 2 N–H and O–H groups in total. The highest BCUT2D eigenvalue weighted by Crippen LogP contribution is 2.42. The first-order chi connectivity index (χ1) is 14.2. The molecular weight excluding hydrogens is 372 g/mol. The minimum Gasteiger partial charge on any atom is -0.446 e. The standard InChI is InChI=1S/C20H26N6O3/c1-2-12-8-14(29-20(27)23-10-13-4-3-7-28-13)9-15(12)19-25-24-17-11-22-18-16(26(17)19)5-6-21-18/h5-6,11-15,21H,2-4,7-10H2,1H3,(H,23,27)/t12-,13-,14+,15+/m1/s1. The molecule has 0 spiro atoms. The lowest BCUT2D eigenvalue weighted by Crippen LogP contribution is -2.34. The van der Waals surface area contributed by atoms with Crippen LogP contribution in [-0.2, 0) is 9.47 Å². The lowest BCUT2D eigenvalue weighted by molar-refractivity contribution is 0.0825. The summed E-state index contributed by atoms with van der Waals surface area (Å²) in [7, 11) is 0. The van der Waals surface area contributed by atoms with Crippen LogP contribution in [0, 0.1) is 5.92 Å². The number of amides is 1. The van der Waals surface area contributed by atoms with E-state index in [1.54, 1.807) is 6.20 Å². The lowest BCUT2D eigenvalue weighted by Gasteiger charge is -2.15. The summed E-state index contributed by atoms with van der Waals surface area (Å²) in [4.78, 5) is 19.8. The van der Waals surface area contributed by atoms with Crippen LogP contribution in [0.2, 0.25) is 0 Å². The topological polar surface area (TPSA) is 106 Å². The van der Waals surface area contributed by atoms with Crippen LogP contribution in [0.1, 0.15) is 50.8 Å². The van der Waals surface area contributed by atoms with Gasteiger partial charge in [0.05, 0.1) is 17.8 Å². The Kier molecular flexibility index (Phi) is 4.83. The number of ether oxygens (including phenoxy) is 2. The van der Waals surface area contributed by atoms with E-state index < -0.39 is 0 Å². The maximum Gasteiger partial charge on any atom is 0.407 e. The van der Waals surface area contributed by atoms with Crippen molar-refractivity contribution in [2.24, 2.45) is 5.92 Å². The van der Waals surface area contributed by atoms with Gasteiger partial charge in [0.25, 0.3) is 0 Å². The van der Waals surface area contributed by atoms with E-state index in [0.29, 0.717) is 12.5 Å². The molecule has 5 rings (SSSR count). The van der Waals surface area contributed by atoms with Crippen molar-refractivity contribution in [3.8, 4) is 0 Å². The normalized spacial score (nSPS) is 27.1. The fraction of sp³-hybridized carbons (Fsp3) is 0.600. The molecule has 1 aliphatic heterocycles. The largest absolute Gasteiger partial charge is 0.446 e. The zero-order valence-electron chi connectivity index (χ0n) is 16.5. The first-order valence-electron chi connectivity index (χ1n) is 10.5. The van der Waals surface area contributed by atoms with Crippen molar-refractivity contribution < 1.29 is 14.3 Å². The van der Waals surface area contributed by atoms with E-state index in [4.69, 9.17) is 9.47 Å². The fourth-order valence-corrected chi connectivity index (χ4v) is 4.77. The first-order valence-corrected chi connectivity index (χ1v) is 10.5. The van der Waals surface area contributed by atoms with Gasteiger partial charge in [0, 0.05) is 25.3 Å². The zero-order chi connectivity index (χ0) is 19.8. The summed E-state index contributed by atoms with van der Waals surface area (Å²) in [5.74, 6) is 1.50. The van der Waals surface area contributed by atoms with E-state index in [1.807, 2.05) is 12.3 Å². The van der Waals surface area contributed by atoms with Gasteiger partial charge >= 0.3 is 6.09 Å². The third-order valence-electron chi connectivity index (χ3n) is 6.25. The highest BCUT2D eigenvalue weighted by Gasteiger charge is 2.39. The Morgan fingerprint density at radius 1 is 1.41 bits per heavy atom. The van der Waals surface area contributed by atoms with E-state index in [-0.39, 0.29) is 24.2 Å². The summed E-state index contributed by atoms with van der Waals surface area (Å²) in [6.07, 6.45) is 7.88. The molecule has 1 amide bonds. The Balaban J connectivity index is 1.31. The van der Waals surface area contributed by atoms with Gasteiger partial charge in [-0.05, 0) is 37.7 Å². The number of alkyl carbamates (subject to hydrolysis) is 1. The molecule has 4 heterocycles. The summed E-state index contributed by atoms with van der Waals surface area (Å²) in [5, 5.41) is 11.7. The number of hydrogen-bond donors (Lipinski definition) is 2. The second-order valence-corrected chi connectivity index (χ2v) is 8.01. The number of aromatic amines is 1. The summed E-state index contributed by atoms with van der Waals surface area (Å²) < 4.78 is 13.4. The van der Waals surface area contributed by atoms with Gasteiger partial charge in [0.2, 0.25) is 0 Å². The number of nitrogens with zero attached hydrogens (tertiary/aromatic N) is 4. The molecule has 154 valence electrons. The molecule has 3 aromatic rings.